The Morgan fingerprint density at radius 1 is 1.47 bits per heavy atom. The molecule has 0 aromatic carbocycles. The third kappa shape index (κ3) is 2.05. The molecule has 2 rings (SSSR count). The summed E-state index contributed by atoms with van der Waals surface area (Å²) in [6.45, 7) is 0. The lowest BCUT2D eigenvalue weighted by Crippen LogP contribution is -2.13. The van der Waals surface area contributed by atoms with E-state index in [9.17, 15) is 4.79 Å². The Bertz CT molecular complexity index is 624. The van der Waals surface area contributed by atoms with Gasteiger partial charge in [0.1, 0.15) is 10.8 Å². The van der Waals surface area contributed by atoms with Gasteiger partial charge in [-0.15, -0.1) is 0 Å². The molecule has 0 aliphatic heterocycles. The highest BCUT2D eigenvalue weighted by atomic mass is 35.5. The van der Waals surface area contributed by atoms with Crippen LogP contribution >= 0.6 is 11.6 Å². The van der Waals surface area contributed by atoms with E-state index in [4.69, 9.17) is 23.1 Å². The largest absolute Gasteiger partial charge is 0.405 e. The highest BCUT2D eigenvalue weighted by Gasteiger charge is 2.10. The number of aromatic nitrogens is 2. The van der Waals surface area contributed by atoms with Gasteiger partial charge in [-0.1, -0.05) is 11.6 Å². The molecular formula is C11H9ClN4O. The maximum Gasteiger partial charge on any atom is 0.267 e. The lowest BCUT2D eigenvalue weighted by atomic mass is 10.1. The summed E-state index contributed by atoms with van der Waals surface area (Å²) < 4.78 is 0. The number of fused-ring (bicyclic) bond motifs is 1. The minimum atomic E-state index is -0.605. The number of amides is 1. The highest BCUT2D eigenvalue weighted by Crippen LogP contribution is 2.25. The molecule has 0 unspecified atom stereocenters. The second-order valence-corrected chi connectivity index (χ2v) is 3.67. The number of hydrogen-bond donors (Lipinski definition) is 2. The number of carbonyl (C=O) groups is 1. The van der Waals surface area contributed by atoms with Crippen molar-refractivity contribution in [3.8, 4) is 0 Å². The van der Waals surface area contributed by atoms with Crippen molar-refractivity contribution in [2.75, 3.05) is 0 Å². The average Bonchev–Trinajstić information content (AvgIpc) is 2.29. The zero-order valence-electron chi connectivity index (χ0n) is 8.72. The molecule has 6 heteroatoms. The minimum absolute atomic E-state index is 0.160. The number of nitrogens with zero attached hydrogens (tertiary/aromatic N) is 2. The molecule has 0 radical (unpaired) electrons. The van der Waals surface area contributed by atoms with Crippen molar-refractivity contribution in [1.82, 2.24) is 9.97 Å². The molecule has 0 saturated heterocycles. The first-order chi connectivity index (χ1) is 8.13. The van der Waals surface area contributed by atoms with E-state index in [0.29, 0.717) is 16.2 Å². The molecule has 1 amide bonds. The maximum atomic E-state index is 11.1. The molecule has 0 spiro atoms. The molecule has 0 atom stereocenters. The Morgan fingerprint density at radius 2 is 2.24 bits per heavy atom. The Balaban J connectivity index is 2.86. The van der Waals surface area contributed by atoms with Gasteiger partial charge in [-0.25, -0.2) is 9.97 Å². The Kier molecular flexibility index (Phi) is 2.93. The van der Waals surface area contributed by atoms with Gasteiger partial charge in [0.2, 0.25) is 0 Å². The number of primary amides is 1. The molecule has 2 aromatic rings. The van der Waals surface area contributed by atoms with E-state index in [2.05, 4.69) is 9.97 Å². The van der Waals surface area contributed by atoms with Crippen LogP contribution < -0.4 is 11.5 Å². The Labute approximate surface area is 102 Å². The van der Waals surface area contributed by atoms with Crippen LogP contribution in [0.5, 0.6) is 0 Å². The quantitative estimate of drug-likeness (QED) is 0.784. The fraction of sp³-hybridized carbons (Fsp3) is 0. The van der Waals surface area contributed by atoms with Gasteiger partial charge in [0, 0.05) is 11.6 Å². The average molecular weight is 249 g/mol. The van der Waals surface area contributed by atoms with E-state index < -0.39 is 5.91 Å². The van der Waals surface area contributed by atoms with E-state index >= 15 is 0 Å². The zero-order chi connectivity index (χ0) is 12.4. The maximum absolute atomic E-state index is 11.1. The molecule has 0 saturated carbocycles. The van der Waals surface area contributed by atoms with Crippen LogP contribution in [0.15, 0.2) is 24.5 Å². The van der Waals surface area contributed by atoms with Crippen molar-refractivity contribution in [1.29, 1.82) is 0 Å². The standard InChI is InChI=1S/C11H9ClN4O/c12-10-9-6(2-4-15-10)5-8(11(14)17)16-7(9)1-3-13/h1-5H,13H2,(H2,14,17)/b3-1-. The molecule has 0 aliphatic rings. The lowest BCUT2D eigenvalue weighted by Gasteiger charge is -2.05. The van der Waals surface area contributed by atoms with Crippen LogP contribution in [-0.2, 0) is 0 Å². The number of carbonyl (C=O) groups excluding carboxylic acids is 1. The van der Waals surface area contributed by atoms with Crippen molar-refractivity contribution >= 4 is 34.4 Å². The molecule has 86 valence electrons. The number of pyridine rings is 2. The monoisotopic (exact) mass is 248 g/mol. The van der Waals surface area contributed by atoms with Gasteiger partial charge >= 0.3 is 0 Å². The predicted octanol–water partition coefficient (Wildman–Crippen LogP) is 1.31. The number of hydrogen-bond acceptors (Lipinski definition) is 4. The lowest BCUT2D eigenvalue weighted by molar-refractivity contribution is 0.0995. The van der Waals surface area contributed by atoms with E-state index in [1.165, 1.54) is 6.20 Å². The summed E-state index contributed by atoms with van der Waals surface area (Å²) in [6, 6.07) is 3.29. The zero-order valence-corrected chi connectivity index (χ0v) is 9.48. The van der Waals surface area contributed by atoms with Crippen LogP contribution in [0.3, 0.4) is 0 Å². The number of nitrogens with two attached hydrogens (primary N) is 2. The van der Waals surface area contributed by atoms with Crippen molar-refractivity contribution < 1.29 is 4.79 Å². The van der Waals surface area contributed by atoms with Crippen LogP contribution in [0, 0.1) is 0 Å². The third-order valence-electron chi connectivity index (χ3n) is 2.23. The third-order valence-corrected chi connectivity index (χ3v) is 2.52. The second-order valence-electron chi connectivity index (χ2n) is 3.32. The molecule has 5 nitrogen and oxygen atoms in total. The van der Waals surface area contributed by atoms with Crippen molar-refractivity contribution in [3.63, 3.8) is 0 Å². The minimum Gasteiger partial charge on any atom is -0.405 e. The molecule has 2 aromatic heterocycles. The summed E-state index contributed by atoms with van der Waals surface area (Å²) in [4.78, 5) is 19.2. The van der Waals surface area contributed by atoms with Gasteiger partial charge < -0.3 is 11.5 Å². The smallest absolute Gasteiger partial charge is 0.267 e. The Morgan fingerprint density at radius 3 is 2.88 bits per heavy atom. The van der Waals surface area contributed by atoms with E-state index in [1.54, 1.807) is 24.4 Å². The normalized spacial score (nSPS) is 11.1. The summed E-state index contributed by atoms with van der Waals surface area (Å²) in [5.74, 6) is -0.605. The first-order valence-corrected chi connectivity index (χ1v) is 5.14. The van der Waals surface area contributed by atoms with E-state index in [0.717, 1.165) is 5.39 Å². The summed E-state index contributed by atoms with van der Waals surface area (Å²) >= 11 is 5.99. The van der Waals surface area contributed by atoms with Crippen LogP contribution in [0.2, 0.25) is 5.15 Å². The first kappa shape index (κ1) is 11.3. The van der Waals surface area contributed by atoms with Gasteiger partial charge in [0.05, 0.1) is 5.69 Å². The molecule has 0 fully saturated rings. The van der Waals surface area contributed by atoms with Gasteiger partial charge in [0.15, 0.2) is 0 Å². The highest BCUT2D eigenvalue weighted by molar-refractivity contribution is 6.34. The molecule has 17 heavy (non-hydrogen) atoms. The first-order valence-electron chi connectivity index (χ1n) is 4.77. The fourth-order valence-electron chi connectivity index (χ4n) is 1.53. The van der Waals surface area contributed by atoms with Crippen LogP contribution in [0.1, 0.15) is 16.2 Å². The molecule has 4 N–H and O–H groups in total. The van der Waals surface area contributed by atoms with Crippen molar-refractivity contribution in [2.45, 2.75) is 0 Å². The fourth-order valence-corrected chi connectivity index (χ4v) is 1.79. The molecule has 2 heterocycles. The van der Waals surface area contributed by atoms with Gasteiger partial charge in [-0.3, -0.25) is 4.79 Å². The van der Waals surface area contributed by atoms with E-state index in [-0.39, 0.29) is 5.69 Å². The van der Waals surface area contributed by atoms with E-state index in [1.807, 2.05) is 0 Å². The topological polar surface area (TPSA) is 94.9 Å². The summed E-state index contributed by atoms with van der Waals surface area (Å²) in [5.41, 5.74) is 11.2. The summed E-state index contributed by atoms with van der Waals surface area (Å²) in [7, 11) is 0. The summed E-state index contributed by atoms with van der Waals surface area (Å²) in [6.07, 6.45) is 4.41. The number of halogens is 1. The summed E-state index contributed by atoms with van der Waals surface area (Å²) in [5, 5.41) is 1.68. The second kappa shape index (κ2) is 4.39. The van der Waals surface area contributed by atoms with Crippen LogP contribution in [0.4, 0.5) is 0 Å². The molecule has 0 aliphatic carbocycles. The van der Waals surface area contributed by atoms with Gasteiger partial charge in [0.25, 0.3) is 5.91 Å². The van der Waals surface area contributed by atoms with Gasteiger partial charge in [-0.2, -0.15) is 0 Å². The molecule has 0 bridgehead atoms. The van der Waals surface area contributed by atoms with Crippen molar-refractivity contribution in [2.24, 2.45) is 11.5 Å². The van der Waals surface area contributed by atoms with Crippen LogP contribution in [0.25, 0.3) is 16.8 Å². The number of rotatable bonds is 2. The van der Waals surface area contributed by atoms with Crippen molar-refractivity contribution in [3.05, 3.63) is 41.1 Å². The predicted molar refractivity (Wildman–Crippen MR) is 66.3 cm³/mol. The van der Waals surface area contributed by atoms with Crippen LogP contribution in [-0.4, -0.2) is 15.9 Å². The molecular weight excluding hydrogens is 240 g/mol. The SMILES string of the molecule is N/C=C\c1nc(C(N)=O)cc2ccnc(Cl)c12. The Hall–Kier alpha value is -2.14. The van der Waals surface area contributed by atoms with Gasteiger partial charge in [-0.05, 0) is 29.8 Å².